The van der Waals surface area contributed by atoms with Crippen molar-refractivity contribution in [2.24, 2.45) is 11.3 Å². The van der Waals surface area contributed by atoms with E-state index in [4.69, 9.17) is 9.84 Å². The van der Waals surface area contributed by atoms with Crippen LogP contribution < -0.4 is 5.32 Å². The summed E-state index contributed by atoms with van der Waals surface area (Å²) >= 11 is 0. The molecule has 0 saturated carbocycles. The number of hydrogen-bond donors (Lipinski definition) is 2. The molecule has 1 aliphatic carbocycles. The first-order valence-electron chi connectivity index (χ1n) is 12.3. The van der Waals surface area contributed by atoms with Gasteiger partial charge < -0.3 is 20.1 Å². The van der Waals surface area contributed by atoms with Gasteiger partial charge in [0.05, 0.1) is 0 Å². The number of likely N-dealkylation sites (tertiary alicyclic amines) is 1. The number of carbonyl (C=O) groups excluding carboxylic acids is 2. The van der Waals surface area contributed by atoms with E-state index in [9.17, 15) is 14.4 Å². The predicted octanol–water partition coefficient (Wildman–Crippen LogP) is 4.65. The number of nitrogens with one attached hydrogen (secondary N) is 1. The Morgan fingerprint density at radius 1 is 1.06 bits per heavy atom. The number of nitrogens with zero attached hydrogens (tertiary/aromatic N) is 1. The highest BCUT2D eigenvalue weighted by atomic mass is 16.5. The molecular weight excluding hydrogens is 444 g/mol. The zero-order valence-electron chi connectivity index (χ0n) is 20.6. The van der Waals surface area contributed by atoms with Gasteiger partial charge in [-0.1, -0.05) is 69.3 Å². The van der Waals surface area contributed by atoms with Crippen LogP contribution in [0.5, 0.6) is 0 Å². The van der Waals surface area contributed by atoms with Gasteiger partial charge in [-0.2, -0.15) is 0 Å². The molecule has 2 aromatic rings. The smallest absolute Gasteiger partial charge is 0.407 e. The highest BCUT2D eigenvalue weighted by Crippen LogP contribution is 2.44. The van der Waals surface area contributed by atoms with Crippen LogP contribution in [-0.2, 0) is 14.3 Å². The fourth-order valence-electron chi connectivity index (χ4n) is 5.27. The second kappa shape index (κ2) is 10.1. The SMILES string of the molecule is CC(C)(C)[C@@H](NC(=O)OCC1c2ccccc2-c2ccccc21)C(=O)N1CCCC(CC(=O)O)C1. The third-order valence-electron chi connectivity index (χ3n) is 7.01. The van der Waals surface area contributed by atoms with E-state index in [1.165, 1.54) is 0 Å². The Bertz CT molecular complexity index is 1060. The van der Waals surface area contributed by atoms with Gasteiger partial charge in [0.2, 0.25) is 5.91 Å². The Hall–Kier alpha value is -3.35. The number of benzene rings is 2. The Labute approximate surface area is 206 Å². The summed E-state index contributed by atoms with van der Waals surface area (Å²) in [6.07, 6.45) is 0.963. The van der Waals surface area contributed by atoms with Gasteiger partial charge in [0, 0.05) is 25.4 Å². The number of hydrogen-bond acceptors (Lipinski definition) is 4. The molecule has 186 valence electrons. The molecule has 1 heterocycles. The zero-order chi connectivity index (χ0) is 25.2. The maximum absolute atomic E-state index is 13.4. The van der Waals surface area contributed by atoms with E-state index in [-0.39, 0.29) is 30.8 Å². The summed E-state index contributed by atoms with van der Waals surface area (Å²) in [6.45, 7) is 6.83. The summed E-state index contributed by atoms with van der Waals surface area (Å²) in [5.74, 6) is -1.18. The number of alkyl carbamates (subject to hydrolysis) is 1. The monoisotopic (exact) mass is 478 g/mol. The number of carbonyl (C=O) groups is 3. The number of carboxylic acid groups (broad SMARTS) is 1. The first-order chi connectivity index (χ1) is 16.6. The molecule has 7 nitrogen and oxygen atoms in total. The van der Waals surface area contributed by atoms with Crippen molar-refractivity contribution >= 4 is 18.0 Å². The summed E-state index contributed by atoms with van der Waals surface area (Å²) in [5, 5.41) is 12.0. The maximum Gasteiger partial charge on any atom is 0.407 e. The second-order valence-electron chi connectivity index (χ2n) is 10.7. The van der Waals surface area contributed by atoms with Gasteiger partial charge in [-0.25, -0.2) is 4.79 Å². The highest BCUT2D eigenvalue weighted by molar-refractivity contribution is 5.87. The quantitative estimate of drug-likeness (QED) is 0.630. The average Bonchev–Trinajstić information content (AvgIpc) is 3.13. The largest absolute Gasteiger partial charge is 0.481 e. The molecule has 1 fully saturated rings. The van der Waals surface area contributed by atoms with E-state index in [0.29, 0.717) is 13.1 Å². The predicted molar refractivity (Wildman–Crippen MR) is 133 cm³/mol. The van der Waals surface area contributed by atoms with Crippen LogP contribution in [-0.4, -0.2) is 53.7 Å². The number of piperidine rings is 1. The molecule has 1 unspecified atom stereocenters. The Morgan fingerprint density at radius 3 is 2.23 bits per heavy atom. The first-order valence-corrected chi connectivity index (χ1v) is 12.3. The van der Waals surface area contributed by atoms with E-state index >= 15 is 0 Å². The molecule has 1 saturated heterocycles. The second-order valence-corrected chi connectivity index (χ2v) is 10.7. The molecule has 0 radical (unpaired) electrons. The van der Waals surface area contributed by atoms with E-state index < -0.39 is 23.5 Å². The minimum atomic E-state index is -0.853. The van der Waals surface area contributed by atoms with Gasteiger partial charge in [0.25, 0.3) is 0 Å². The summed E-state index contributed by atoms with van der Waals surface area (Å²) in [6, 6.07) is 15.5. The van der Waals surface area contributed by atoms with Crippen LogP contribution in [0.3, 0.4) is 0 Å². The van der Waals surface area contributed by atoms with E-state index in [1.807, 2.05) is 45.0 Å². The minimum Gasteiger partial charge on any atom is -0.481 e. The highest BCUT2D eigenvalue weighted by Gasteiger charge is 2.38. The summed E-state index contributed by atoms with van der Waals surface area (Å²) in [5.41, 5.74) is 4.02. The van der Waals surface area contributed by atoms with Gasteiger partial charge in [-0.3, -0.25) is 9.59 Å². The van der Waals surface area contributed by atoms with Crippen molar-refractivity contribution in [3.63, 3.8) is 0 Å². The van der Waals surface area contributed by atoms with Crippen molar-refractivity contribution in [3.05, 3.63) is 59.7 Å². The molecule has 2 amide bonds. The molecule has 7 heteroatoms. The lowest BCUT2D eigenvalue weighted by Gasteiger charge is -2.38. The molecule has 2 aromatic carbocycles. The van der Waals surface area contributed by atoms with Gasteiger partial charge in [0.15, 0.2) is 0 Å². The summed E-state index contributed by atoms with van der Waals surface area (Å²) < 4.78 is 5.68. The topological polar surface area (TPSA) is 95.9 Å². The summed E-state index contributed by atoms with van der Waals surface area (Å²) in [4.78, 5) is 39.1. The normalized spacial score (nSPS) is 18.4. The molecule has 0 bridgehead atoms. The molecule has 2 aliphatic rings. The van der Waals surface area contributed by atoms with Crippen LogP contribution in [0, 0.1) is 11.3 Å². The van der Waals surface area contributed by atoms with Gasteiger partial charge in [-0.15, -0.1) is 0 Å². The van der Waals surface area contributed by atoms with Crippen molar-refractivity contribution in [2.45, 2.75) is 52.0 Å². The molecule has 35 heavy (non-hydrogen) atoms. The van der Waals surface area contributed by atoms with Gasteiger partial charge in [-0.05, 0) is 46.4 Å². The number of rotatable bonds is 6. The van der Waals surface area contributed by atoms with Gasteiger partial charge in [0.1, 0.15) is 12.6 Å². The van der Waals surface area contributed by atoms with E-state index in [0.717, 1.165) is 35.1 Å². The first kappa shape index (κ1) is 24.8. The number of ether oxygens (including phenoxy) is 1. The van der Waals surface area contributed by atoms with Crippen LogP contribution in [0.15, 0.2) is 48.5 Å². The lowest BCUT2D eigenvalue weighted by molar-refractivity contribution is -0.142. The van der Waals surface area contributed by atoms with Crippen molar-refractivity contribution in [1.29, 1.82) is 0 Å². The number of carboxylic acids is 1. The lowest BCUT2D eigenvalue weighted by Crippen LogP contribution is -2.56. The molecular formula is C28H34N2O5. The summed E-state index contributed by atoms with van der Waals surface area (Å²) in [7, 11) is 0. The number of fused-ring (bicyclic) bond motifs is 3. The Kier molecular flexibility index (Phi) is 7.15. The maximum atomic E-state index is 13.4. The molecule has 2 N–H and O–H groups in total. The van der Waals surface area contributed by atoms with Crippen molar-refractivity contribution in [2.75, 3.05) is 19.7 Å². The third-order valence-corrected chi connectivity index (χ3v) is 7.01. The van der Waals surface area contributed by atoms with Crippen molar-refractivity contribution in [3.8, 4) is 11.1 Å². The van der Waals surface area contributed by atoms with Crippen LogP contribution in [0.25, 0.3) is 11.1 Å². The Morgan fingerprint density at radius 2 is 1.66 bits per heavy atom. The average molecular weight is 479 g/mol. The zero-order valence-corrected chi connectivity index (χ0v) is 20.6. The van der Waals surface area contributed by atoms with Crippen LogP contribution in [0.4, 0.5) is 4.79 Å². The van der Waals surface area contributed by atoms with Crippen LogP contribution in [0.1, 0.15) is 57.1 Å². The van der Waals surface area contributed by atoms with E-state index in [1.54, 1.807) is 4.90 Å². The third kappa shape index (κ3) is 5.50. The Balaban J connectivity index is 1.43. The fraction of sp³-hybridized carbons (Fsp3) is 0.464. The standard InChI is InChI=1S/C28H34N2O5/c1-28(2,3)25(26(33)30-14-8-9-18(16-30)15-24(31)32)29-27(34)35-17-23-21-12-6-4-10-19(21)20-11-5-7-13-22(20)23/h4-7,10-13,18,23,25H,8-9,14-17H2,1-3H3,(H,29,34)(H,31,32)/t18?,25-/m0/s1. The van der Waals surface area contributed by atoms with E-state index in [2.05, 4.69) is 29.6 Å². The van der Waals surface area contributed by atoms with Crippen molar-refractivity contribution in [1.82, 2.24) is 10.2 Å². The molecule has 4 rings (SSSR count). The van der Waals surface area contributed by atoms with Crippen LogP contribution in [0.2, 0.25) is 0 Å². The number of amides is 2. The molecule has 0 spiro atoms. The fourth-order valence-corrected chi connectivity index (χ4v) is 5.27. The minimum absolute atomic E-state index is 0.0454. The van der Waals surface area contributed by atoms with Gasteiger partial charge >= 0.3 is 12.1 Å². The molecule has 0 aromatic heterocycles. The molecule has 1 aliphatic heterocycles. The number of aliphatic carboxylic acids is 1. The van der Waals surface area contributed by atoms with Crippen molar-refractivity contribution < 1.29 is 24.2 Å². The lowest BCUT2D eigenvalue weighted by atomic mass is 9.85. The molecule has 2 atom stereocenters. The van der Waals surface area contributed by atoms with Crippen LogP contribution >= 0.6 is 0 Å².